The minimum absolute atomic E-state index is 0.258. The molecule has 3 aromatic rings. The third kappa shape index (κ3) is 3.49. The van der Waals surface area contributed by atoms with E-state index in [-0.39, 0.29) is 5.91 Å². The van der Waals surface area contributed by atoms with Crippen molar-refractivity contribution in [3.63, 3.8) is 0 Å². The summed E-state index contributed by atoms with van der Waals surface area (Å²) in [6, 6.07) is 11.1. The molecule has 2 aromatic heterocycles. The molecule has 0 saturated heterocycles. The number of aryl methyl sites for hydroxylation is 3. The zero-order chi connectivity index (χ0) is 17.3. The first-order valence-electron chi connectivity index (χ1n) is 7.53. The van der Waals surface area contributed by atoms with Crippen molar-refractivity contribution in [1.29, 1.82) is 0 Å². The van der Waals surface area contributed by atoms with Crippen molar-refractivity contribution in [3.8, 4) is 0 Å². The van der Waals surface area contributed by atoms with Crippen LogP contribution in [0.4, 0.5) is 5.82 Å². The average Bonchev–Trinajstić information content (AvgIpc) is 3.02. The average molecular weight is 344 g/mol. The SMILES string of the molecule is Cc1cc(NC(=O)c2cc(C)n(C)n2)n(Cc2cccc(Cl)c2)n1. The fourth-order valence-corrected chi connectivity index (χ4v) is 2.64. The number of halogens is 1. The van der Waals surface area contributed by atoms with Gasteiger partial charge in [-0.2, -0.15) is 10.2 Å². The van der Waals surface area contributed by atoms with Crippen molar-refractivity contribution in [2.45, 2.75) is 20.4 Å². The third-order valence-electron chi connectivity index (χ3n) is 3.71. The van der Waals surface area contributed by atoms with Crippen LogP contribution in [-0.2, 0) is 13.6 Å². The Morgan fingerprint density at radius 2 is 2.00 bits per heavy atom. The smallest absolute Gasteiger partial charge is 0.277 e. The first kappa shape index (κ1) is 16.3. The molecule has 0 bridgehead atoms. The molecule has 1 N–H and O–H groups in total. The topological polar surface area (TPSA) is 64.7 Å². The second-order valence-electron chi connectivity index (χ2n) is 5.71. The van der Waals surface area contributed by atoms with Gasteiger partial charge in [-0.1, -0.05) is 23.7 Å². The molecule has 0 atom stereocenters. The molecule has 124 valence electrons. The quantitative estimate of drug-likeness (QED) is 0.791. The van der Waals surface area contributed by atoms with Crippen LogP contribution in [0.1, 0.15) is 27.4 Å². The van der Waals surface area contributed by atoms with Gasteiger partial charge >= 0.3 is 0 Å². The zero-order valence-corrected chi connectivity index (χ0v) is 14.5. The van der Waals surface area contributed by atoms with Crippen LogP contribution in [0.25, 0.3) is 0 Å². The summed E-state index contributed by atoms with van der Waals surface area (Å²) in [5, 5.41) is 12.2. The lowest BCUT2D eigenvalue weighted by atomic mass is 10.2. The van der Waals surface area contributed by atoms with Gasteiger partial charge in [0.05, 0.1) is 12.2 Å². The maximum Gasteiger partial charge on any atom is 0.277 e. The standard InChI is InChI=1S/C17H18ClN5O/c1-11-7-16(19-17(24)15-8-12(2)22(3)21-15)23(20-11)10-13-5-4-6-14(18)9-13/h4-9H,10H2,1-3H3,(H,19,24). The molecule has 0 unspecified atom stereocenters. The lowest BCUT2D eigenvalue weighted by molar-refractivity contribution is 0.102. The predicted octanol–water partition coefficient (Wildman–Crippen LogP) is 3.19. The molecule has 1 aromatic carbocycles. The summed E-state index contributed by atoms with van der Waals surface area (Å²) in [7, 11) is 1.81. The van der Waals surface area contributed by atoms with E-state index in [1.165, 1.54) is 0 Å². The first-order valence-corrected chi connectivity index (χ1v) is 7.91. The molecule has 6 nitrogen and oxygen atoms in total. The van der Waals surface area contributed by atoms with E-state index in [9.17, 15) is 4.79 Å². The highest BCUT2D eigenvalue weighted by Crippen LogP contribution is 2.17. The van der Waals surface area contributed by atoms with Crippen molar-refractivity contribution in [2.24, 2.45) is 7.05 Å². The number of rotatable bonds is 4. The van der Waals surface area contributed by atoms with Gasteiger partial charge in [0.15, 0.2) is 5.69 Å². The van der Waals surface area contributed by atoms with E-state index in [1.54, 1.807) is 22.5 Å². The minimum Gasteiger partial charge on any atom is -0.305 e. The van der Waals surface area contributed by atoms with Crippen molar-refractivity contribution >= 4 is 23.3 Å². The summed E-state index contributed by atoms with van der Waals surface area (Å²) in [5.41, 5.74) is 3.13. The Balaban J connectivity index is 1.82. The fraction of sp³-hybridized carbons (Fsp3) is 0.235. The maximum atomic E-state index is 12.4. The Morgan fingerprint density at radius 3 is 2.67 bits per heavy atom. The van der Waals surface area contributed by atoms with Gasteiger partial charge in [-0.3, -0.25) is 9.48 Å². The van der Waals surface area contributed by atoms with Gasteiger partial charge in [-0.15, -0.1) is 0 Å². The van der Waals surface area contributed by atoms with Crippen LogP contribution >= 0.6 is 11.6 Å². The Labute approximate surface area is 145 Å². The molecule has 0 aliphatic carbocycles. The number of amides is 1. The first-order chi connectivity index (χ1) is 11.4. The highest BCUT2D eigenvalue weighted by Gasteiger charge is 2.14. The molecule has 2 heterocycles. The predicted molar refractivity (Wildman–Crippen MR) is 93.4 cm³/mol. The van der Waals surface area contributed by atoms with Gasteiger partial charge in [0.1, 0.15) is 5.82 Å². The number of hydrogen-bond acceptors (Lipinski definition) is 3. The van der Waals surface area contributed by atoms with Crippen molar-refractivity contribution in [3.05, 3.63) is 64.1 Å². The van der Waals surface area contributed by atoms with Crippen molar-refractivity contribution in [2.75, 3.05) is 5.32 Å². The largest absolute Gasteiger partial charge is 0.305 e. The number of hydrogen-bond donors (Lipinski definition) is 1. The van der Waals surface area contributed by atoms with Crippen molar-refractivity contribution in [1.82, 2.24) is 19.6 Å². The van der Waals surface area contributed by atoms with Gasteiger partial charge < -0.3 is 5.32 Å². The molecule has 0 saturated carbocycles. The number of benzene rings is 1. The Bertz CT molecular complexity index is 877. The summed E-state index contributed by atoms with van der Waals surface area (Å²) in [6.07, 6.45) is 0. The van der Waals surface area contributed by atoms with E-state index in [0.29, 0.717) is 23.1 Å². The third-order valence-corrected chi connectivity index (χ3v) is 3.95. The number of aromatic nitrogens is 4. The molecule has 7 heteroatoms. The van der Waals surface area contributed by atoms with E-state index >= 15 is 0 Å². The van der Waals surface area contributed by atoms with E-state index < -0.39 is 0 Å². The molecule has 0 aliphatic rings. The summed E-state index contributed by atoms with van der Waals surface area (Å²) in [4.78, 5) is 12.4. The highest BCUT2D eigenvalue weighted by molar-refractivity contribution is 6.30. The van der Waals surface area contributed by atoms with Crippen LogP contribution < -0.4 is 5.32 Å². The summed E-state index contributed by atoms with van der Waals surface area (Å²) in [6.45, 7) is 4.30. The molecule has 0 aliphatic heterocycles. The lowest BCUT2D eigenvalue weighted by Crippen LogP contribution is -2.17. The number of nitrogens with one attached hydrogen (secondary N) is 1. The van der Waals surface area contributed by atoms with Crippen LogP contribution in [-0.4, -0.2) is 25.5 Å². The summed E-state index contributed by atoms with van der Waals surface area (Å²) < 4.78 is 3.41. The van der Waals surface area contributed by atoms with Crippen molar-refractivity contribution < 1.29 is 4.79 Å². The van der Waals surface area contributed by atoms with Gasteiger partial charge in [-0.25, -0.2) is 4.68 Å². The molecule has 0 spiro atoms. The van der Waals surface area contributed by atoms with E-state index in [1.807, 2.05) is 44.2 Å². The summed E-state index contributed by atoms with van der Waals surface area (Å²) >= 11 is 6.03. The molecule has 24 heavy (non-hydrogen) atoms. The normalized spacial score (nSPS) is 10.8. The molecule has 0 fully saturated rings. The number of anilines is 1. The van der Waals surface area contributed by atoms with Gasteiger partial charge in [0, 0.05) is 23.8 Å². The second-order valence-corrected chi connectivity index (χ2v) is 6.14. The van der Waals surface area contributed by atoms with Gasteiger partial charge in [0.25, 0.3) is 5.91 Å². The number of nitrogens with zero attached hydrogens (tertiary/aromatic N) is 4. The van der Waals surface area contributed by atoms with E-state index in [2.05, 4.69) is 15.5 Å². The molecule has 3 rings (SSSR count). The van der Waals surface area contributed by atoms with Crippen LogP contribution in [0.15, 0.2) is 36.4 Å². The van der Waals surface area contributed by atoms with Crippen LogP contribution in [0.5, 0.6) is 0 Å². The molecular formula is C17H18ClN5O. The highest BCUT2D eigenvalue weighted by atomic mass is 35.5. The second kappa shape index (κ2) is 6.49. The number of carbonyl (C=O) groups is 1. The molecular weight excluding hydrogens is 326 g/mol. The van der Waals surface area contributed by atoms with Crippen LogP contribution in [0.2, 0.25) is 5.02 Å². The summed E-state index contributed by atoms with van der Waals surface area (Å²) in [5.74, 6) is 0.367. The van der Waals surface area contributed by atoms with Crippen LogP contribution in [0, 0.1) is 13.8 Å². The number of carbonyl (C=O) groups excluding carboxylic acids is 1. The zero-order valence-electron chi connectivity index (χ0n) is 13.7. The van der Waals surface area contributed by atoms with E-state index in [4.69, 9.17) is 11.6 Å². The Morgan fingerprint density at radius 1 is 1.21 bits per heavy atom. The Kier molecular flexibility index (Phi) is 4.40. The maximum absolute atomic E-state index is 12.4. The lowest BCUT2D eigenvalue weighted by Gasteiger charge is -2.08. The molecule has 1 amide bonds. The van der Waals surface area contributed by atoms with E-state index in [0.717, 1.165) is 17.0 Å². The monoisotopic (exact) mass is 343 g/mol. The molecule has 0 radical (unpaired) electrons. The minimum atomic E-state index is -0.258. The van der Waals surface area contributed by atoms with Crippen LogP contribution in [0.3, 0.4) is 0 Å². The Hall–Kier alpha value is -2.60. The van der Waals surface area contributed by atoms with Gasteiger partial charge in [-0.05, 0) is 37.6 Å². The fourth-order valence-electron chi connectivity index (χ4n) is 2.43. The van der Waals surface area contributed by atoms with Gasteiger partial charge in [0.2, 0.25) is 0 Å².